The third-order valence-electron chi connectivity index (χ3n) is 9.38. The van der Waals surface area contributed by atoms with Crippen LogP contribution in [-0.4, -0.2) is 78.3 Å². The Morgan fingerprint density at radius 1 is 0.840 bits per heavy atom. The van der Waals surface area contributed by atoms with E-state index in [4.69, 9.17) is 9.47 Å². The highest BCUT2D eigenvalue weighted by Gasteiger charge is 2.51. The molecule has 4 N–H and O–H groups in total. The SMILES string of the molecule is CO[C@@H]1OC(CS(=O)(=O)c2cc(-c3ccccc3)ccc2[C@@H]2[C@@H](CC[C@H](O)c3ccc(F)cc3)C(=O)N2c2ccc(F)cc2)[C@H](O)[C@@H](O)[C@@H]1O. The number of β-lactam (4-membered cyclic amide) rings is 1. The van der Waals surface area contributed by atoms with Crippen molar-refractivity contribution in [3.05, 3.63) is 120 Å². The number of amides is 1. The lowest BCUT2D eigenvalue weighted by atomic mass is 9.78. The summed E-state index contributed by atoms with van der Waals surface area (Å²) in [7, 11) is -3.19. The van der Waals surface area contributed by atoms with Gasteiger partial charge in [0.2, 0.25) is 5.91 Å². The molecule has 0 aliphatic carbocycles. The first-order valence-electron chi connectivity index (χ1n) is 16.1. The number of hydrogen-bond acceptors (Lipinski definition) is 9. The summed E-state index contributed by atoms with van der Waals surface area (Å²) >= 11 is 0. The van der Waals surface area contributed by atoms with Crippen LogP contribution in [0.15, 0.2) is 102 Å². The van der Waals surface area contributed by atoms with Crippen LogP contribution < -0.4 is 4.90 Å². The Morgan fingerprint density at radius 2 is 1.48 bits per heavy atom. The molecule has 13 heteroatoms. The Bertz CT molecular complexity index is 1910. The topological polar surface area (TPSA) is 154 Å². The third kappa shape index (κ3) is 7.08. The van der Waals surface area contributed by atoms with Crippen LogP contribution in [0.1, 0.15) is 36.1 Å². The minimum Gasteiger partial charge on any atom is -0.388 e. The molecule has 4 aromatic rings. The predicted molar refractivity (Wildman–Crippen MR) is 178 cm³/mol. The van der Waals surface area contributed by atoms with Crippen LogP contribution in [0, 0.1) is 17.6 Å². The molecule has 10 nitrogen and oxygen atoms in total. The van der Waals surface area contributed by atoms with Crippen LogP contribution in [0.3, 0.4) is 0 Å². The predicted octanol–water partition coefficient (Wildman–Crippen LogP) is 4.08. The van der Waals surface area contributed by atoms with Gasteiger partial charge in [-0.3, -0.25) is 4.79 Å². The minimum atomic E-state index is -4.40. The molecule has 264 valence electrons. The first kappa shape index (κ1) is 35.7. The van der Waals surface area contributed by atoms with Gasteiger partial charge in [-0.15, -0.1) is 0 Å². The normalized spacial score (nSPS) is 26.0. The van der Waals surface area contributed by atoms with E-state index < -0.39 is 76.0 Å². The van der Waals surface area contributed by atoms with E-state index in [1.165, 1.54) is 66.6 Å². The summed E-state index contributed by atoms with van der Waals surface area (Å²) in [5, 5.41) is 42.3. The van der Waals surface area contributed by atoms with Crippen molar-refractivity contribution in [3.8, 4) is 11.1 Å². The number of nitrogens with zero attached hydrogens (tertiary/aromatic N) is 1. The molecule has 0 aromatic heterocycles. The molecule has 0 bridgehead atoms. The average Bonchev–Trinajstić information content (AvgIpc) is 3.12. The molecule has 2 aliphatic heterocycles. The number of carbonyl (C=O) groups is 1. The van der Waals surface area contributed by atoms with Crippen molar-refractivity contribution in [1.82, 2.24) is 0 Å². The largest absolute Gasteiger partial charge is 0.388 e. The van der Waals surface area contributed by atoms with E-state index in [0.29, 0.717) is 22.4 Å². The lowest BCUT2D eigenvalue weighted by molar-refractivity contribution is -0.285. The van der Waals surface area contributed by atoms with Crippen molar-refractivity contribution in [2.45, 2.75) is 60.6 Å². The van der Waals surface area contributed by atoms with Gasteiger partial charge in [0, 0.05) is 12.8 Å². The van der Waals surface area contributed by atoms with Crippen molar-refractivity contribution in [3.63, 3.8) is 0 Å². The molecule has 2 fully saturated rings. The van der Waals surface area contributed by atoms with E-state index in [-0.39, 0.29) is 29.2 Å². The van der Waals surface area contributed by atoms with Gasteiger partial charge < -0.3 is 34.8 Å². The van der Waals surface area contributed by atoms with Crippen molar-refractivity contribution >= 4 is 21.4 Å². The number of sulfone groups is 1. The van der Waals surface area contributed by atoms with E-state index in [0.717, 1.165) is 0 Å². The van der Waals surface area contributed by atoms with Gasteiger partial charge >= 0.3 is 0 Å². The van der Waals surface area contributed by atoms with Gasteiger partial charge in [0.1, 0.15) is 36.1 Å². The molecule has 0 radical (unpaired) electrons. The van der Waals surface area contributed by atoms with E-state index in [9.17, 15) is 42.4 Å². The monoisotopic (exact) mass is 709 g/mol. The average molecular weight is 710 g/mol. The summed E-state index contributed by atoms with van der Waals surface area (Å²) in [5.74, 6) is -2.98. The number of aliphatic hydroxyl groups excluding tert-OH is 4. The molecule has 1 amide bonds. The van der Waals surface area contributed by atoms with E-state index >= 15 is 0 Å². The van der Waals surface area contributed by atoms with Crippen LogP contribution in [0.25, 0.3) is 11.1 Å². The van der Waals surface area contributed by atoms with Crippen molar-refractivity contribution in [1.29, 1.82) is 0 Å². The number of anilines is 1. The van der Waals surface area contributed by atoms with Crippen LogP contribution in [-0.2, 0) is 24.1 Å². The molecule has 50 heavy (non-hydrogen) atoms. The second kappa shape index (κ2) is 14.6. The summed E-state index contributed by atoms with van der Waals surface area (Å²) in [4.78, 5) is 15.0. The Morgan fingerprint density at radius 3 is 2.12 bits per heavy atom. The second-order valence-corrected chi connectivity index (χ2v) is 14.5. The number of rotatable bonds is 11. The van der Waals surface area contributed by atoms with Crippen LogP contribution in [0.2, 0.25) is 0 Å². The molecular weight excluding hydrogens is 672 g/mol. The molecule has 0 spiro atoms. The standard InChI is InChI=1S/C37H37F2NO9S/c1-48-37-35(44)34(43)33(42)30(49-37)20-50(46,47)31-19-23(21-5-3-2-4-6-21)9-16-27(31)32-28(17-18-29(41)22-7-10-24(38)11-8-22)36(45)40(32)26-14-12-25(39)13-15-26/h2-16,19,28-30,32-35,37,41-44H,17-18,20H2,1H3/t28-,29+,30?,32-,33+,34-,35+,37-/m1/s1. The van der Waals surface area contributed by atoms with Crippen molar-refractivity contribution < 1.29 is 51.9 Å². The number of benzene rings is 4. The number of aliphatic hydroxyl groups is 4. The molecule has 0 saturated carbocycles. The fraction of sp³-hybridized carbons (Fsp3) is 0.324. The maximum atomic E-state index is 14.4. The van der Waals surface area contributed by atoms with Gasteiger partial charge in [-0.25, -0.2) is 17.2 Å². The van der Waals surface area contributed by atoms with Gasteiger partial charge in [-0.1, -0.05) is 54.6 Å². The molecule has 1 unspecified atom stereocenters. The highest BCUT2D eigenvalue weighted by molar-refractivity contribution is 7.91. The zero-order valence-electron chi connectivity index (χ0n) is 26.9. The van der Waals surface area contributed by atoms with Gasteiger partial charge in [0.05, 0.1) is 28.7 Å². The number of ether oxygens (including phenoxy) is 2. The molecular formula is C37H37F2NO9S. The highest BCUT2D eigenvalue weighted by atomic mass is 32.2. The van der Waals surface area contributed by atoms with E-state index in [2.05, 4.69) is 0 Å². The molecule has 2 aliphatic rings. The maximum absolute atomic E-state index is 14.4. The first-order chi connectivity index (χ1) is 23.9. The Labute approximate surface area is 288 Å². The number of methoxy groups -OCH3 is 1. The van der Waals surface area contributed by atoms with Crippen molar-refractivity contribution in [2.24, 2.45) is 5.92 Å². The fourth-order valence-electron chi connectivity index (χ4n) is 6.68. The molecule has 6 rings (SSSR count). The first-order valence-corrected chi connectivity index (χ1v) is 17.7. The summed E-state index contributed by atoms with van der Waals surface area (Å²) in [5.41, 5.74) is 2.28. The zero-order chi connectivity index (χ0) is 35.7. The Kier molecular flexibility index (Phi) is 10.5. The van der Waals surface area contributed by atoms with Crippen molar-refractivity contribution in [2.75, 3.05) is 17.8 Å². The number of halogens is 2. The van der Waals surface area contributed by atoms with E-state index in [1.54, 1.807) is 36.4 Å². The van der Waals surface area contributed by atoms with Gasteiger partial charge in [-0.05, 0) is 77.6 Å². The quantitative estimate of drug-likeness (QED) is 0.169. The molecule has 2 heterocycles. The maximum Gasteiger partial charge on any atom is 0.233 e. The molecule has 2 saturated heterocycles. The third-order valence-corrected chi connectivity index (χ3v) is 11.2. The highest BCUT2D eigenvalue weighted by Crippen LogP contribution is 2.49. The summed E-state index contributed by atoms with van der Waals surface area (Å²) in [6, 6.07) is 23.5. The molecule has 4 aromatic carbocycles. The summed E-state index contributed by atoms with van der Waals surface area (Å²) in [6.45, 7) is 0. The zero-order valence-corrected chi connectivity index (χ0v) is 27.7. The Balaban J connectivity index is 1.41. The van der Waals surface area contributed by atoms with Gasteiger partial charge in [0.25, 0.3) is 0 Å². The Hall–Kier alpha value is -4.08. The lowest BCUT2D eigenvalue weighted by Crippen LogP contribution is -2.59. The summed E-state index contributed by atoms with van der Waals surface area (Å²) < 4.78 is 67.0. The number of hydrogen-bond donors (Lipinski definition) is 4. The summed E-state index contributed by atoms with van der Waals surface area (Å²) in [6.07, 6.45) is -8.85. The number of carbonyl (C=O) groups excluding carboxylic acids is 1. The van der Waals surface area contributed by atoms with Gasteiger partial charge in [-0.2, -0.15) is 0 Å². The smallest absolute Gasteiger partial charge is 0.233 e. The lowest BCUT2D eigenvalue weighted by Gasteiger charge is -2.48. The van der Waals surface area contributed by atoms with Gasteiger partial charge in [0.15, 0.2) is 16.1 Å². The van der Waals surface area contributed by atoms with Crippen LogP contribution in [0.4, 0.5) is 14.5 Å². The van der Waals surface area contributed by atoms with Crippen LogP contribution in [0.5, 0.6) is 0 Å². The second-order valence-electron chi connectivity index (χ2n) is 12.5. The van der Waals surface area contributed by atoms with E-state index in [1.807, 2.05) is 6.07 Å². The minimum absolute atomic E-state index is 0.0979. The fourth-order valence-corrected chi connectivity index (χ4v) is 8.42. The van der Waals surface area contributed by atoms with Crippen LogP contribution >= 0.6 is 0 Å². The molecule has 8 atom stereocenters.